The number of amides is 1. The largest absolute Gasteiger partial charge is 0.481 e. The third kappa shape index (κ3) is 6.49. The van der Waals surface area contributed by atoms with E-state index in [0.717, 1.165) is 40.3 Å². The molecule has 0 bridgehead atoms. The van der Waals surface area contributed by atoms with Gasteiger partial charge in [-0.1, -0.05) is 36.7 Å². The summed E-state index contributed by atoms with van der Waals surface area (Å²) in [6, 6.07) is 5.43. The molecular weight excluding hydrogens is 486 g/mol. The number of carbonyl (C=O) groups excluding carboxylic acids is 1. The van der Waals surface area contributed by atoms with Crippen LogP contribution in [-0.2, 0) is 16.0 Å². The fourth-order valence-electron chi connectivity index (χ4n) is 4.19. The summed E-state index contributed by atoms with van der Waals surface area (Å²) < 4.78 is 5.84. The molecule has 9 heteroatoms. The van der Waals surface area contributed by atoms with Crippen LogP contribution >= 0.6 is 22.9 Å². The van der Waals surface area contributed by atoms with Crippen molar-refractivity contribution in [1.29, 1.82) is 0 Å². The number of benzene rings is 1. The molecule has 0 saturated heterocycles. The van der Waals surface area contributed by atoms with Gasteiger partial charge in [-0.05, 0) is 55.7 Å². The number of thiazole rings is 1. The van der Waals surface area contributed by atoms with Gasteiger partial charge in [0.25, 0.3) is 0 Å². The van der Waals surface area contributed by atoms with E-state index in [1.54, 1.807) is 23.5 Å². The smallest absolute Gasteiger partial charge is 0.303 e. The number of rotatable bonds is 11. The van der Waals surface area contributed by atoms with E-state index >= 15 is 0 Å². The van der Waals surface area contributed by atoms with Gasteiger partial charge >= 0.3 is 5.97 Å². The maximum absolute atomic E-state index is 13.0. The quantitative estimate of drug-likeness (QED) is 0.290. The molecular formula is C26H30ClN3O4S. The van der Waals surface area contributed by atoms with Gasteiger partial charge in [-0.25, -0.2) is 4.98 Å². The summed E-state index contributed by atoms with van der Waals surface area (Å²) in [5.41, 5.74) is 3.22. The van der Waals surface area contributed by atoms with Crippen LogP contribution in [0.1, 0.15) is 79.6 Å². The molecule has 2 heterocycles. The van der Waals surface area contributed by atoms with Gasteiger partial charge in [0.15, 0.2) is 5.76 Å². The molecule has 1 saturated carbocycles. The van der Waals surface area contributed by atoms with Crippen LogP contribution in [0.4, 0.5) is 5.69 Å². The lowest BCUT2D eigenvalue weighted by Gasteiger charge is -2.16. The van der Waals surface area contributed by atoms with Crippen LogP contribution in [0.5, 0.6) is 0 Å². The Labute approximate surface area is 213 Å². The van der Waals surface area contributed by atoms with Crippen LogP contribution in [0.15, 0.2) is 28.9 Å². The summed E-state index contributed by atoms with van der Waals surface area (Å²) in [6.07, 6.45) is 5.09. The average molecular weight is 516 g/mol. The Kier molecular flexibility index (Phi) is 7.91. The molecule has 1 aliphatic carbocycles. The fourth-order valence-corrected chi connectivity index (χ4v) is 5.59. The molecule has 1 amide bonds. The Morgan fingerprint density at radius 3 is 2.74 bits per heavy atom. The van der Waals surface area contributed by atoms with Crippen molar-refractivity contribution >= 4 is 40.5 Å². The number of carboxylic acids is 1. The number of hydrogen-bond acceptors (Lipinski definition) is 6. The molecule has 0 spiro atoms. The van der Waals surface area contributed by atoms with Gasteiger partial charge in [0.1, 0.15) is 0 Å². The minimum atomic E-state index is -0.908. The maximum atomic E-state index is 13.0. The molecule has 1 atom stereocenters. The van der Waals surface area contributed by atoms with Gasteiger partial charge in [-0.2, -0.15) is 0 Å². The highest BCUT2D eigenvalue weighted by Gasteiger charge is 2.36. The van der Waals surface area contributed by atoms with Gasteiger partial charge in [-0.15, -0.1) is 11.3 Å². The normalized spacial score (nSPS) is 14.3. The van der Waals surface area contributed by atoms with Crippen molar-refractivity contribution in [1.82, 2.24) is 10.1 Å². The van der Waals surface area contributed by atoms with Crippen molar-refractivity contribution < 1.29 is 19.2 Å². The molecule has 35 heavy (non-hydrogen) atoms. The van der Waals surface area contributed by atoms with E-state index in [1.807, 2.05) is 19.2 Å². The van der Waals surface area contributed by atoms with Gasteiger partial charge < -0.3 is 14.9 Å². The molecule has 2 N–H and O–H groups in total. The van der Waals surface area contributed by atoms with E-state index in [-0.39, 0.29) is 31.1 Å². The van der Waals surface area contributed by atoms with Crippen molar-refractivity contribution in [2.24, 2.45) is 5.92 Å². The van der Waals surface area contributed by atoms with Crippen molar-refractivity contribution in [2.75, 3.05) is 5.32 Å². The first kappa shape index (κ1) is 25.4. The number of carbonyl (C=O) groups is 2. The molecule has 0 radical (unpaired) electrons. The molecule has 186 valence electrons. The van der Waals surface area contributed by atoms with E-state index in [0.29, 0.717) is 34.0 Å². The number of hydrogen-bond donors (Lipinski definition) is 2. The summed E-state index contributed by atoms with van der Waals surface area (Å²) in [7, 11) is 0. The Hall–Kier alpha value is -2.71. The average Bonchev–Trinajstić information content (AvgIpc) is 3.36. The highest BCUT2D eigenvalue weighted by atomic mass is 35.5. The van der Waals surface area contributed by atoms with E-state index in [9.17, 15) is 14.7 Å². The Bertz CT molecular complexity index is 1220. The number of aryl methyl sites for hydroxylation is 1. The number of halogens is 1. The van der Waals surface area contributed by atoms with Gasteiger partial charge in [0.2, 0.25) is 5.91 Å². The van der Waals surface area contributed by atoms with Gasteiger partial charge in [0, 0.05) is 36.9 Å². The van der Waals surface area contributed by atoms with Gasteiger partial charge in [0.05, 0.1) is 26.3 Å². The second-order valence-electron chi connectivity index (χ2n) is 9.67. The van der Waals surface area contributed by atoms with Crippen LogP contribution in [0.25, 0.3) is 10.6 Å². The zero-order valence-corrected chi connectivity index (χ0v) is 21.7. The number of aliphatic carboxylic acids is 1. The van der Waals surface area contributed by atoms with Crippen LogP contribution in [0.3, 0.4) is 0 Å². The summed E-state index contributed by atoms with van der Waals surface area (Å²) >= 11 is 7.89. The SMILES string of the molecule is Cc1ccc(NC(=O)C[C@@H](CCC(=O)O)c2noc(-c3cnc(CC(C)C)s3)c2C2CC2)c(Cl)c1. The Morgan fingerprint density at radius 1 is 1.31 bits per heavy atom. The minimum absolute atomic E-state index is 0.0609. The van der Waals surface area contributed by atoms with Gasteiger partial charge in [-0.3, -0.25) is 9.59 Å². The molecule has 7 nitrogen and oxygen atoms in total. The lowest BCUT2D eigenvalue weighted by atomic mass is 9.90. The maximum Gasteiger partial charge on any atom is 0.303 e. The molecule has 1 fully saturated rings. The monoisotopic (exact) mass is 515 g/mol. The lowest BCUT2D eigenvalue weighted by Crippen LogP contribution is -2.17. The number of carboxylic acid groups (broad SMARTS) is 1. The molecule has 2 aromatic heterocycles. The standard InChI is InChI=1S/C26H30ClN3O4S/c1-14(2)10-22-28-13-20(35-22)26-24(16-5-6-16)25(30-34-26)17(7-9-23(32)33)12-21(31)29-19-8-4-15(3)11-18(19)27/h4,8,11,13-14,16-17H,5-7,9-10,12H2,1-3H3,(H,29,31)(H,32,33)/t17-/m1/s1. The highest BCUT2D eigenvalue weighted by molar-refractivity contribution is 7.15. The first-order valence-corrected chi connectivity index (χ1v) is 13.1. The first-order chi connectivity index (χ1) is 16.7. The Morgan fingerprint density at radius 2 is 2.09 bits per heavy atom. The van der Waals surface area contributed by atoms with Crippen LogP contribution in [0, 0.1) is 12.8 Å². The first-order valence-electron chi connectivity index (χ1n) is 11.9. The van der Waals surface area contributed by atoms with E-state index in [2.05, 4.69) is 29.3 Å². The topological polar surface area (TPSA) is 105 Å². The van der Waals surface area contributed by atoms with Crippen LogP contribution in [-0.4, -0.2) is 27.1 Å². The Balaban J connectivity index is 1.60. The predicted molar refractivity (Wildman–Crippen MR) is 137 cm³/mol. The van der Waals surface area contributed by atoms with Crippen molar-refractivity contribution in [3.63, 3.8) is 0 Å². The van der Waals surface area contributed by atoms with E-state index < -0.39 is 5.97 Å². The zero-order valence-electron chi connectivity index (χ0n) is 20.1. The third-order valence-electron chi connectivity index (χ3n) is 6.03. The summed E-state index contributed by atoms with van der Waals surface area (Å²) in [6.45, 7) is 6.24. The van der Waals surface area contributed by atoms with E-state index in [4.69, 9.17) is 16.1 Å². The number of aromatic nitrogens is 2. The van der Waals surface area contributed by atoms with E-state index in [1.165, 1.54) is 0 Å². The molecule has 1 aromatic carbocycles. The third-order valence-corrected chi connectivity index (χ3v) is 7.36. The fraction of sp³-hybridized carbons (Fsp3) is 0.462. The predicted octanol–water partition coefficient (Wildman–Crippen LogP) is 6.81. The second-order valence-corrected chi connectivity index (χ2v) is 11.2. The summed E-state index contributed by atoms with van der Waals surface area (Å²) in [4.78, 5) is 29.8. The van der Waals surface area contributed by atoms with Crippen molar-refractivity contribution in [2.45, 2.75) is 71.1 Å². The molecule has 1 aliphatic rings. The van der Waals surface area contributed by atoms with Crippen LogP contribution in [0.2, 0.25) is 5.02 Å². The summed E-state index contributed by atoms with van der Waals surface area (Å²) in [5, 5.41) is 18.1. The zero-order chi connectivity index (χ0) is 25.1. The number of anilines is 1. The summed E-state index contributed by atoms with van der Waals surface area (Å²) in [5.74, 6) is -0.0142. The number of nitrogens with one attached hydrogen (secondary N) is 1. The molecule has 0 aliphatic heterocycles. The van der Waals surface area contributed by atoms with Crippen LogP contribution < -0.4 is 5.32 Å². The highest BCUT2D eigenvalue weighted by Crippen LogP contribution is 2.49. The lowest BCUT2D eigenvalue weighted by molar-refractivity contribution is -0.137. The molecule has 0 unspecified atom stereocenters. The minimum Gasteiger partial charge on any atom is -0.481 e. The van der Waals surface area contributed by atoms with Crippen molar-refractivity contribution in [3.8, 4) is 10.6 Å². The van der Waals surface area contributed by atoms with Crippen molar-refractivity contribution in [3.05, 3.63) is 51.2 Å². The second kappa shape index (κ2) is 10.9. The number of nitrogens with zero attached hydrogens (tertiary/aromatic N) is 2. The molecule has 4 rings (SSSR count). The molecule has 3 aromatic rings.